The highest BCUT2D eigenvalue weighted by Gasteiger charge is 2.23. The van der Waals surface area contributed by atoms with Gasteiger partial charge in [-0.1, -0.05) is 12.1 Å². The first-order valence-corrected chi connectivity index (χ1v) is 10.3. The van der Waals surface area contributed by atoms with Gasteiger partial charge < -0.3 is 19.7 Å². The quantitative estimate of drug-likeness (QED) is 0.660. The molecule has 1 unspecified atom stereocenters. The van der Waals surface area contributed by atoms with Gasteiger partial charge in [0.15, 0.2) is 5.82 Å². The number of aromatic nitrogens is 2. The molecule has 1 fully saturated rings. The van der Waals surface area contributed by atoms with Gasteiger partial charge in [-0.25, -0.2) is 0 Å². The molecule has 2 aromatic carbocycles. The van der Waals surface area contributed by atoms with Crippen LogP contribution in [0.3, 0.4) is 0 Å². The minimum absolute atomic E-state index is 0.0547. The topological polar surface area (TPSA) is 76.6 Å². The molecule has 7 heteroatoms. The number of hydrogen-bond acceptors (Lipinski definition) is 6. The van der Waals surface area contributed by atoms with Gasteiger partial charge in [-0.15, -0.1) is 10.2 Å². The number of anilines is 1. The predicted octanol–water partition coefficient (Wildman–Crippen LogP) is 3.56. The van der Waals surface area contributed by atoms with Crippen molar-refractivity contribution in [3.05, 3.63) is 66.2 Å². The van der Waals surface area contributed by atoms with Crippen LogP contribution in [0.25, 0.3) is 11.3 Å². The van der Waals surface area contributed by atoms with E-state index in [2.05, 4.69) is 20.4 Å². The van der Waals surface area contributed by atoms with Crippen molar-refractivity contribution in [1.82, 2.24) is 15.5 Å². The Kier molecular flexibility index (Phi) is 6.31. The van der Waals surface area contributed by atoms with Crippen molar-refractivity contribution in [2.75, 3.05) is 32.2 Å². The number of ether oxygens (including phenoxy) is 2. The molecule has 1 atom stereocenters. The molecule has 0 spiro atoms. The van der Waals surface area contributed by atoms with Crippen molar-refractivity contribution in [2.24, 2.45) is 0 Å². The number of benzene rings is 2. The molecule has 3 aromatic rings. The van der Waals surface area contributed by atoms with Gasteiger partial charge in [0, 0.05) is 30.3 Å². The van der Waals surface area contributed by atoms with Crippen LogP contribution in [0.4, 0.5) is 5.82 Å². The number of rotatable bonds is 6. The average Bonchev–Trinajstić information content (AvgIpc) is 2.84. The smallest absolute Gasteiger partial charge is 0.251 e. The second-order valence-electron chi connectivity index (χ2n) is 7.46. The third kappa shape index (κ3) is 4.77. The van der Waals surface area contributed by atoms with Crippen molar-refractivity contribution in [2.45, 2.75) is 18.9 Å². The van der Waals surface area contributed by atoms with E-state index in [9.17, 15) is 4.79 Å². The van der Waals surface area contributed by atoms with Crippen molar-refractivity contribution < 1.29 is 14.3 Å². The Morgan fingerprint density at radius 3 is 2.52 bits per heavy atom. The average molecular weight is 418 g/mol. The maximum atomic E-state index is 12.6. The van der Waals surface area contributed by atoms with Crippen LogP contribution in [0.15, 0.2) is 60.7 Å². The molecule has 0 bridgehead atoms. The Hall–Kier alpha value is -3.61. The van der Waals surface area contributed by atoms with E-state index in [1.54, 1.807) is 38.5 Å². The number of nitrogens with one attached hydrogen (secondary N) is 1. The van der Waals surface area contributed by atoms with Gasteiger partial charge in [0.25, 0.3) is 5.91 Å². The fourth-order valence-electron chi connectivity index (χ4n) is 3.81. The molecule has 31 heavy (non-hydrogen) atoms. The first kappa shape index (κ1) is 20.7. The molecule has 7 nitrogen and oxygen atoms in total. The van der Waals surface area contributed by atoms with Crippen molar-refractivity contribution in [3.63, 3.8) is 0 Å². The molecule has 0 radical (unpaired) electrons. The lowest BCUT2D eigenvalue weighted by atomic mass is 10.0. The molecular weight excluding hydrogens is 392 g/mol. The summed E-state index contributed by atoms with van der Waals surface area (Å²) in [6.07, 6.45) is 1.91. The van der Waals surface area contributed by atoms with Crippen LogP contribution >= 0.6 is 0 Å². The highest BCUT2D eigenvalue weighted by molar-refractivity contribution is 5.94. The summed E-state index contributed by atoms with van der Waals surface area (Å²) in [5.74, 6) is 2.23. The van der Waals surface area contributed by atoms with E-state index in [0.717, 1.165) is 48.0 Å². The highest BCUT2D eigenvalue weighted by Crippen LogP contribution is 2.28. The molecule has 1 N–H and O–H groups in total. The number of piperidine rings is 1. The largest absolute Gasteiger partial charge is 0.497 e. The third-order valence-electron chi connectivity index (χ3n) is 5.47. The summed E-state index contributed by atoms with van der Waals surface area (Å²) in [7, 11) is 3.26. The van der Waals surface area contributed by atoms with E-state index in [0.29, 0.717) is 12.1 Å². The fraction of sp³-hybridized carbons (Fsp3) is 0.292. The summed E-state index contributed by atoms with van der Waals surface area (Å²) in [5, 5.41) is 12.0. The Balaban J connectivity index is 1.41. The summed E-state index contributed by atoms with van der Waals surface area (Å²) in [4.78, 5) is 14.8. The van der Waals surface area contributed by atoms with Gasteiger partial charge in [0.05, 0.1) is 19.9 Å². The van der Waals surface area contributed by atoms with E-state index in [-0.39, 0.29) is 11.9 Å². The van der Waals surface area contributed by atoms with E-state index in [1.807, 2.05) is 36.4 Å². The van der Waals surface area contributed by atoms with Crippen LogP contribution < -0.4 is 19.7 Å². The summed E-state index contributed by atoms with van der Waals surface area (Å²) < 4.78 is 10.6. The van der Waals surface area contributed by atoms with E-state index >= 15 is 0 Å². The van der Waals surface area contributed by atoms with Crippen LogP contribution in [0.2, 0.25) is 0 Å². The molecule has 1 aliphatic heterocycles. The van der Waals surface area contributed by atoms with Crippen LogP contribution in [0, 0.1) is 0 Å². The molecule has 1 aromatic heterocycles. The summed E-state index contributed by atoms with van der Waals surface area (Å²) in [5.41, 5.74) is 2.30. The minimum atomic E-state index is -0.0768. The second-order valence-corrected chi connectivity index (χ2v) is 7.46. The van der Waals surface area contributed by atoms with Gasteiger partial charge >= 0.3 is 0 Å². The Bertz CT molecular complexity index is 1020. The lowest BCUT2D eigenvalue weighted by molar-refractivity contribution is 0.0933. The number of hydrogen-bond donors (Lipinski definition) is 1. The first-order chi connectivity index (χ1) is 15.2. The number of amides is 1. The molecule has 0 saturated carbocycles. The molecule has 160 valence electrons. The monoisotopic (exact) mass is 418 g/mol. The minimum Gasteiger partial charge on any atom is -0.497 e. The second kappa shape index (κ2) is 9.47. The SMILES string of the molecule is COc1ccc(C(=O)NC2CCCN(c3ccc(-c4ccccc4OC)nn3)C2)cc1. The number of methoxy groups -OCH3 is 2. The van der Waals surface area contributed by atoms with Gasteiger partial charge in [-0.3, -0.25) is 4.79 Å². The van der Waals surface area contributed by atoms with Crippen molar-refractivity contribution in [1.29, 1.82) is 0 Å². The summed E-state index contributed by atoms with van der Waals surface area (Å²) in [6.45, 7) is 1.59. The van der Waals surface area contributed by atoms with Gasteiger partial charge in [0.2, 0.25) is 0 Å². The van der Waals surface area contributed by atoms with Gasteiger partial charge in [-0.2, -0.15) is 0 Å². The normalized spacial score (nSPS) is 15.9. The van der Waals surface area contributed by atoms with Crippen LogP contribution in [0.5, 0.6) is 11.5 Å². The van der Waals surface area contributed by atoms with E-state index in [1.165, 1.54) is 0 Å². The Labute approximate surface area is 182 Å². The Morgan fingerprint density at radius 1 is 1.00 bits per heavy atom. The molecule has 4 rings (SSSR count). The zero-order valence-electron chi connectivity index (χ0n) is 17.7. The first-order valence-electron chi connectivity index (χ1n) is 10.3. The number of para-hydroxylation sites is 1. The molecule has 1 saturated heterocycles. The Morgan fingerprint density at radius 2 is 1.81 bits per heavy atom. The lowest BCUT2D eigenvalue weighted by Gasteiger charge is -2.33. The molecular formula is C24H26N4O3. The number of carbonyl (C=O) groups is 1. The maximum Gasteiger partial charge on any atom is 0.251 e. The van der Waals surface area contributed by atoms with E-state index in [4.69, 9.17) is 9.47 Å². The van der Waals surface area contributed by atoms with Crippen LogP contribution in [-0.4, -0.2) is 49.5 Å². The van der Waals surface area contributed by atoms with Crippen molar-refractivity contribution in [3.8, 4) is 22.8 Å². The number of nitrogens with zero attached hydrogens (tertiary/aromatic N) is 3. The molecule has 2 heterocycles. The highest BCUT2D eigenvalue weighted by atomic mass is 16.5. The molecule has 1 aliphatic rings. The molecule has 1 amide bonds. The summed E-state index contributed by atoms with van der Waals surface area (Å²) in [6, 6.07) is 18.9. The predicted molar refractivity (Wildman–Crippen MR) is 120 cm³/mol. The standard InChI is InChI=1S/C24H26N4O3/c1-30-19-11-9-17(10-12-19)24(29)25-18-6-5-15-28(16-18)23-14-13-21(26-27-23)20-7-3-4-8-22(20)31-2/h3-4,7-14,18H,5-6,15-16H2,1-2H3,(H,25,29). The van der Waals surface area contributed by atoms with Gasteiger partial charge in [-0.05, 0) is 61.4 Å². The fourth-order valence-corrected chi connectivity index (χ4v) is 3.81. The third-order valence-corrected chi connectivity index (χ3v) is 5.47. The van der Waals surface area contributed by atoms with E-state index < -0.39 is 0 Å². The van der Waals surface area contributed by atoms with Crippen molar-refractivity contribution >= 4 is 11.7 Å². The lowest BCUT2D eigenvalue weighted by Crippen LogP contribution is -2.48. The molecule has 0 aliphatic carbocycles. The summed E-state index contributed by atoms with van der Waals surface area (Å²) >= 11 is 0. The zero-order chi connectivity index (χ0) is 21.6. The zero-order valence-corrected chi connectivity index (χ0v) is 17.7. The number of carbonyl (C=O) groups excluding carboxylic acids is 1. The maximum absolute atomic E-state index is 12.6. The van der Waals surface area contributed by atoms with Gasteiger partial charge in [0.1, 0.15) is 11.5 Å². The van der Waals surface area contributed by atoms with Crippen LogP contribution in [0.1, 0.15) is 23.2 Å². The van der Waals surface area contributed by atoms with Crippen LogP contribution in [-0.2, 0) is 0 Å².